The zero-order valence-electron chi connectivity index (χ0n) is 13.5. The van der Waals surface area contributed by atoms with E-state index in [1.165, 1.54) is 43.4 Å². The van der Waals surface area contributed by atoms with Gasteiger partial charge in [0.1, 0.15) is 0 Å². The normalized spacial score (nSPS) is 32.2. The average molecular weight is 271 g/mol. The first-order valence-electron chi connectivity index (χ1n) is 8.16. The maximum Gasteiger partial charge on any atom is 0.000820 e. The highest BCUT2D eigenvalue weighted by molar-refractivity contribution is 5.28. The van der Waals surface area contributed by atoms with Crippen molar-refractivity contribution in [1.29, 1.82) is 0 Å². The second-order valence-corrected chi connectivity index (χ2v) is 8.32. The largest absolute Gasteiger partial charge is 0.319 e. The van der Waals surface area contributed by atoms with E-state index in [1.807, 2.05) is 0 Å². The molecule has 0 saturated heterocycles. The van der Waals surface area contributed by atoms with E-state index in [4.69, 9.17) is 0 Å². The van der Waals surface area contributed by atoms with E-state index in [2.05, 4.69) is 57.4 Å². The van der Waals surface area contributed by atoms with Crippen LogP contribution in [0.15, 0.2) is 24.3 Å². The first-order valence-corrected chi connectivity index (χ1v) is 8.16. The Bertz CT molecular complexity index is 456. The minimum Gasteiger partial charge on any atom is -0.319 e. The molecule has 2 unspecified atom stereocenters. The van der Waals surface area contributed by atoms with Gasteiger partial charge in [-0.1, -0.05) is 45.0 Å². The maximum absolute atomic E-state index is 3.45. The van der Waals surface area contributed by atoms with Crippen LogP contribution in [0, 0.1) is 17.3 Å². The molecule has 1 N–H and O–H groups in total. The molecule has 2 fully saturated rings. The molecule has 20 heavy (non-hydrogen) atoms. The fourth-order valence-electron chi connectivity index (χ4n) is 4.29. The fraction of sp³-hybridized carbons (Fsp3) is 0.684. The number of hydrogen-bond acceptors (Lipinski definition) is 1. The predicted molar refractivity (Wildman–Crippen MR) is 86.0 cm³/mol. The van der Waals surface area contributed by atoms with E-state index in [9.17, 15) is 0 Å². The Kier molecular flexibility index (Phi) is 3.44. The summed E-state index contributed by atoms with van der Waals surface area (Å²) in [5.74, 6) is 2.11. The van der Waals surface area contributed by atoms with Crippen LogP contribution in [0.1, 0.15) is 51.2 Å². The summed E-state index contributed by atoms with van der Waals surface area (Å²) in [6.07, 6.45) is 5.65. The third kappa shape index (κ3) is 2.79. The van der Waals surface area contributed by atoms with Crippen molar-refractivity contribution in [1.82, 2.24) is 5.32 Å². The van der Waals surface area contributed by atoms with Gasteiger partial charge in [0, 0.05) is 6.54 Å². The third-order valence-electron chi connectivity index (χ3n) is 5.41. The summed E-state index contributed by atoms with van der Waals surface area (Å²) in [6, 6.07) is 9.39. The van der Waals surface area contributed by atoms with Crippen LogP contribution in [0.4, 0.5) is 0 Å². The highest BCUT2D eigenvalue weighted by Gasteiger charge is 2.53. The minimum atomic E-state index is 0.260. The molecule has 2 atom stereocenters. The number of fused-ring (bicyclic) bond motifs is 1. The van der Waals surface area contributed by atoms with Crippen molar-refractivity contribution in [3.63, 3.8) is 0 Å². The van der Waals surface area contributed by atoms with E-state index >= 15 is 0 Å². The van der Waals surface area contributed by atoms with E-state index in [0.29, 0.717) is 5.41 Å². The van der Waals surface area contributed by atoms with Crippen LogP contribution in [-0.4, -0.2) is 13.6 Å². The van der Waals surface area contributed by atoms with Crippen molar-refractivity contribution in [2.24, 2.45) is 17.3 Å². The average Bonchev–Trinajstić information content (AvgIpc) is 2.97. The lowest BCUT2D eigenvalue weighted by Crippen LogP contribution is -2.33. The maximum atomic E-state index is 3.45. The molecule has 0 aromatic heterocycles. The lowest BCUT2D eigenvalue weighted by atomic mass is 9.77. The number of rotatable bonds is 4. The van der Waals surface area contributed by atoms with Crippen molar-refractivity contribution in [3.05, 3.63) is 35.4 Å². The van der Waals surface area contributed by atoms with Crippen LogP contribution < -0.4 is 5.32 Å². The summed E-state index contributed by atoms with van der Waals surface area (Å²) in [4.78, 5) is 0. The van der Waals surface area contributed by atoms with Gasteiger partial charge in [0.05, 0.1) is 0 Å². The fourth-order valence-corrected chi connectivity index (χ4v) is 4.29. The van der Waals surface area contributed by atoms with Crippen LogP contribution in [0.3, 0.4) is 0 Å². The molecule has 1 aromatic rings. The van der Waals surface area contributed by atoms with Crippen molar-refractivity contribution in [2.45, 2.75) is 51.9 Å². The SMILES string of the molecule is CNCC1(Cc2ccc(C(C)(C)C)cc2)CC2CC2C1. The van der Waals surface area contributed by atoms with Gasteiger partial charge in [0.2, 0.25) is 0 Å². The summed E-state index contributed by atoms with van der Waals surface area (Å²) in [5, 5.41) is 3.45. The van der Waals surface area contributed by atoms with Gasteiger partial charge in [-0.15, -0.1) is 0 Å². The Morgan fingerprint density at radius 1 is 1.10 bits per heavy atom. The van der Waals surface area contributed by atoms with Gasteiger partial charge in [-0.2, -0.15) is 0 Å². The molecule has 1 aromatic carbocycles. The molecule has 1 heteroatoms. The molecule has 0 aliphatic heterocycles. The lowest BCUT2D eigenvalue weighted by Gasteiger charge is -2.31. The Balaban J connectivity index is 1.73. The second-order valence-electron chi connectivity index (χ2n) is 8.32. The molecule has 0 radical (unpaired) electrons. The number of benzene rings is 1. The molecule has 2 saturated carbocycles. The molecule has 0 spiro atoms. The zero-order chi connectivity index (χ0) is 14.4. The van der Waals surface area contributed by atoms with Crippen LogP contribution in [-0.2, 0) is 11.8 Å². The van der Waals surface area contributed by atoms with Gasteiger partial charge >= 0.3 is 0 Å². The van der Waals surface area contributed by atoms with Crippen LogP contribution >= 0.6 is 0 Å². The zero-order valence-corrected chi connectivity index (χ0v) is 13.5. The Hall–Kier alpha value is -0.820. The first kappa shape index (κ1) is 14.1. The molecule has 0 amide bonds. The van der Waals surface area contributed by atoms with Gasteiger partial charge in [0.15, 0.2) is 0 Å². The highest BCUT2D eigenvalue weighted by Crippen LogP contribution is 2.60. The van der Waals surface area contributed by atoms with Gasteiger partial charge in [-0.05, 0) is 66.5 Å². The van der Waals surface area contributed by atoms with Crippen molar-refractivity contribution in [3.8, 4) is 0 Å². The van der Waals surface area contributed by atoms with Gasteiger partial charge in [-0.3, -0.25) is 0 Å². The van der Waals surface area contributed by atoms with E-state index < -0.39 is 0 Å². The molecule has 3 rings (SSSR count). The first-order chi connectivity index (χ1) is 9.42. The van der Waals surface area contributed by atoms with Crippen LogP contribution in [0.2, 0.25) is 0 Å². The van der Waals surface area contributed by atoms with Crippen LogP contribution in [0.25, 0.3) is 0 Å². The minimum absolute atomic E-state index is 0.260. The van der Waals surface area contributed by atoms with E-state index in [1.54, 1.807) is 0 Å². The Labute approximate surface area is 124 Å². The number of hydrogen-bond donors (Lipinski definition) is 1. The second kappa shape index (κ2) is 4.87. The summed E-state index contributed by atoms with van der Waals surface area (Å²) < 4.78 is 0. The summed E-state index contributed by atoms with van der Waals surface area (Å²) >= 11 is 0. The van der Waals surface area contributed by atoms with E-state index in [0.717, 1.165) is 11.8 Å². The number of nitrogens with one attached hydrogen (secondary N) is 1. The molecule has 0 bridgehead atoms. The molecule has 2 aliphatic carbocycles. The topological polar surface area (TPSA) is 12.0 Å². The standard InChI is InChI=1S/C19H29N/c1-18(2,3)17-7-5-14(6-8-17)10-19(13-20-4)11-15-9-16(15)12-19/h5-8,15-16,20H,9-13H2,1-4H3. The van der Waals surface area contributed by atoms with Gasteiger partial charge in [-0.25, -0.2) is 0 Å². The predicted octanol–water partition coefficient (Wildman–Crippen LogP) is 4.16. The van der Waals surface area contributed by atoms with E-state index in [-0.39, 0.29) is 5.41 Å². The van der Waals surface area contributed by atoms with Crippen molar-refractivity contribution in [2.75, 3.05) is 13.6 Å². The lowest BCUT2D eigenvalue weighted by molar-refractivity contribution is 0.255. The quantitative estimate of drug-likeness (QED) is 0.867. The van der Waals surface area contributed by atoms with Crippen molar-refractivity contribution < 1.29 is 0 Å². The summed E-state index contributed by atoms with van der Waals surface area (Å²) in [6.45, 7) is 8.04. The molecule has 0 heterocycles. The third-order valence-corrected chi connectivity index (χ3v) is 5.41. The smallest absolute Gasteiger partial charge is 0.000820 e. The highest BCUT2D eigenvalue weighted by atomic mass is 14.8. The Morgan fingerprint density at radius 2 is 1.70 bits per heavy atom. The molecular formula is C19H29N. The van der Waals surface area contributed by atoms with Crippen molar-refractivity contribution >= 4 is 0 Å². The summed E-state index contributed by atoms with van der Waals surface area (Å²) in [7, 11) is 2.11. The summed E-state index contributed by atoms with van der Waals surface area (Å²) in [5.41, 5.74) is 3.76. The molecular weight excluding hydrogens is 242 g/mol. The van der Waals surface area contributed by atoms with Gasteiger partial charge in [0.25, 0.3) is 0 Å². The molecule has 2 aliphatic rings. The van der Waals surface area contributed by atoms with Gasteiger partial charge < -0.3 is 5.32 Å². The van der Waals surface area contributed by atoms with Crippen LogP contribution in [0.5, 0.6) is 0 Å². The monoisotopic (exact) mass is 271 g/mol. The molecule has 1 nitrogen and oxygen atoms in total. The Morgan fingerprint density at radius 3 is 2.20 bits per heavy atom. The molecule has 110 valence electrons.